The molecule has 1 heterocycles. The molecule has 1 aliphatic rings. The van der Waals surface area contributed by atoms with Crippen LogP contribution in [0.15, 0.2) is 18.2 Å². The van der Waals surface area contributed by atoms with Crippen LogP contribution in [0.25, 0.3) is 0 Å². The Bertz CT molecular complexity index is 388. The molecule has 0 spiro atoms. The number of hydrogen-bond acceptors (Lipinski definition) is 2. The average molecular weight is 254 g/mol. The van der Waals surface area contributed by atoms with Gasteiger partial charge in [0.05, 0.1) is 7.11 Å². The Morgan fingerprint density at radius 3 is 2.71 bits per heavy atom. The van der Waals surface area contributed by atoms with Gasteiger partial charge in [-0.1, -0.05) is 24.9 Å². The second kappa shape index (κ2) is 5.28. The standard InChI is InChI=1S/C14H20ClNO/c1-3-6-14(9-16-10-14)8-11-7-12(15)4-5-13(11)17-2/h4-5,7,16H,3,6,8-10H2,1-2H3. The maximum absolute atomic E-state index is 6.07. The number of benzene rings is 1. The van der Waals surface area contributed by atoms with Gasteiger partial charge in [0.2, 0.25) is 0 Å². The Labute approximate surface area is 108 Å². The number of methoxy groups -OCH3 is 1. The lowest BCUT2D eigenvalue weighted by Gasteiger charge is -2.43. The summed E-state index contributed by atoms with van der Waals surface area (Å²) >= 11 is 6.07. The summed E-state index contributed by atoms with van der Waals surface area (Å²) in [7, 11) is 1.72. The topological polar surface area (TPSA) is 21.3 Å². The van der Waals surface area contributed by atoms with Crippen LogP contribution in [-0.2, 0) is 6.42 Å². The van der Waals surface area contributed by atoms with Gasteiger partial charge in [-0.3, -0.25) is 0 Å². The third-order valence-electron chi connectivity index (χ3n) is 3.59. The van der Waals surface area contributed by atoms with Crippen LogP contribution in [0.4, 0.5) is 0 Å². The van der Waals surface area contributed by atoms with Crippen LogP contribution in [0.1, 0.15) is 25.3 Å². The second-order valence-corrected chi connectivity index (χ2v) is 5.42. The van der Waals surface area contributed by atoms with E-state index in [1.54, 1.807) is 7.11 Å². The molecule has 0 bridgehead atoms. The number of ether oxygens (including phenoxy) is 1. The summed E-state index contributed by atoms with van der Waals surface area (Å²) in [5.74, 6) is 0.955. The monoisotopic (exact) mass is 253 g/mol. The number of hydrogen-bond donors (Lipinski definition) is 1. The number of nitrogens with one attached hydrogen (secondary N) is 1. The van der Waals surface area contributed by atoms with Gasteiger partial charge >= 0.3 is 0 Å². The van der Waals surface area contributed by atoms with E-state index in [4.69, 9.17) is 16.3 Å². The Kier molecular flexibility index (Phi) is 3.95. The summed E-state index contributed by atoms with van der Waals surface area (Å²) in [6, 6.07) is 5.88. The number of halogens is 1. The van der Waals surface area contributed by atoms with Crippen molar-refractivity contribution in [2.75, 3.05) is 20.2 Å². The van der Waals surface area contributed by atoms with Crippen LogP contribution >= 0.6 is 11.6 Å². The largest absolute Gasteiger partial charge is 0.496 e. The van der Waals surface area contributed by atoms with E-state index in [-0.39, 0.29) is 0 Å². The molecule has 0 aromatic heterocycles. The zero-order chi connectivity index (χ0) is 12.3. The summed E-state index contributed by atoms with van der Waals surface area (Å²) in [5.41, 5.74) is 1.64. The molecule has 1 aromatic rings. The van der Waals surface area contributed by atoms with Crippen molar-refractivity contribution in [3.8, 4) is 5.75 Å². The van der Waals surface area contributed by atoms with Crippen LogP contribution in [0, 0.1) is 5.41 Å². The molecule has 2 rings (SSSR count). The first-order chi connectivity index (χ1) is 8.19. The maximum Gasteiger partial charge on any atom is 0.122 e. The fourth-order valence-electron chi connectivity index (χ4n) is 2.69. The van der Waals surface area contributed by atoms with Gasteiger partial charge in [-0.05, 0) is 42.0 Å². The van der Waals surface area contributed by atoms with E-state index in [0.29, 0.717) is 5.41 Å². The molecule has 17 heavy (non-hydrogen) atoms. The lowest BCUT2D eigenvalue weighted by Crippen LogP contribution is -2.54. The second-order valence-electron chi connectivity index (χ2n) is 4.99. The van der Waals surface area contributed by atoms with Crippen LogP contribution in [0.3, 0.4) is 0 Å². The lowest BCUT2D eigenvalue weighted by molar-refractivity contribution is 0.149. The van der Waals surface area contributed by atoms with Gasteiger partial charge in [0.15, 0.2) is 0 Å². The highest BCUT2D eigenvalue weighted by atomic mass is 35.5. The molecule has 2 nitrogen and oxygen atoms in total. The van der Waals surface area contributed by atoms with E-state index in [1.807, 2.05) is 18.2 Å². The first-order valence-electron chi connectivity index (χ1n) is 6.22. The summed E-state index contributed by atoms with van der Waals surface area (Å²) in [6.07, 6.45) is 3.54. The molecule has 0 amide bonds. The highest BCUT2D eigenvalue weighted by molar-refractivity contribution is 6.30. The van der Waals surface area contributed by atoms with Crippen LogP contribution in [0.5, 0.6) is 5.75 Å². The van der Waals surface area contributed by atoms with Gasteiger partial charge in [-0.25, -0.2) is 0 Å². The fourth-order valence-corrected chi connectivity index (χ4v) is 2.88. The van der Waals surface area contributed by atoms with Crippen LogP contribution in [0.2, 0.25) is 5.02 Å². The average Bonchev–Trinajstić information content (AvgIpc) is 2.26. The molecule has 1 aromatic carbocycles. The first-order valence-corrected chi connectivity index (χ1v) is 6.60. The Hall–Kier alpha value is -0.730. The van der Waals surface area contributed by atoms with Crippen molar-refractivity contribution >= 4 is 11.6 Å². The SMILES string of the molecule is CCCC1(Cc2cc(Cl)ccc2OC)CNC1. The molecule has 1 aliphatic heterocycles. The predicted octanol–water partition coefficient (Wildman–Crippen LogP) is 3.28. The van der Waals surface area contributed by atoms with E-state index < -0.39 is 0 Å². The molecular weight excluding hydrogens is 234 g/mol. The summed E-state index contributed by atoms with van der Waals surface area (Å²) in [5, 5.41) is 4.18. The smallest absolute Gasteiger partial charge is 0.122 e. The Morgan fingerprint density at radius 1 is 1.41 bits per heavy atom. The Balaban J connectivity index is 2.19. The summed E-state index contributed by atoms with van der Waals surface area (Å²) in [6.45, 7) is 4.46. The van der Waals surface area contributed by atoms with E-state index in [1.165, 1.54) is 18.4 Å². The van der Waals surface area contributed by atoms with Gasteiger partial charge in [-0.2, -0.15) is 0 Å². The molecule has 0 saturated carbocycles. The summed E-state index contributed by atoms with van der Waals surface area (Å²) < 4.78 is 5.41. The van der Waals surface area contributed by atoms with E-state index in [9.17, 15) is 0 Å². The third-order valence-corrected chi connectivity index (χ3v) is 3.82. The van der Waals surface area contributed by atoms with Crippen molar-refractivity contribution < 1.29 is 4.74 Å². The van der Waals surface area contributed by atoms with Crippen molar-refractivity contribution in [3.63, 3.8) is 0 Å². The molecule has 0 atom stereocenters. The molecular formula is C14H20ClNO. The highest BCUT2D eigenvalue weighted by Crippen LogP contribution is 2.36. The van der Waals surface area contributed by atoms with Crippen molar-refractivity contribution in [3.05, 3.63) is 28.8 Å². The zero-order valence-corrected chi connectivity index (χ0v) is 11.3. The van der Waals surface area contributed by atoms with E-state index in [0.717, 1.165) is 30.3 Å². The third kappa shape index (κ3) is 2.75. The molecule has 94 valence electrons. The van der Waals surface area contributed by atoms with Crippen LogP contribution in [-0.4, -0.2) is 20.2 Å². The lowest BCUT2D eigenvalue weighted by atomic mass is 9.73. The molecule has 3 heteroatoms. The maximum atomic E-state index is 6.07. The number of rotatable bonds is 5. The van der Waals surface area contributed by atoms with E-state index in [2.05, 4.69) is 12.2 Å². The molecule has 1 N–H and O–H groups in total. The van der Waals surface area contributed by atoms with Crippen molar-refractivity contribution in [2.45, 2.75) is 26.2 Å². The minimum Gasteiger partial charge on any atom is -0.496 e. The molecule has 1 saturated heterocycles. The highest BCUT2D eigenvalue weighted by Gasteiger charge is 2.36. The molecule has 0 aliphatic carbocycles. The normalized spacial score (nSPS) is 17.6. The zero-order valence-electron chi connectivity index (χ0n) is 10.6. The van der Waals surface area contributed by atoms with Crippen molar-refractivity contribution in [2.24, 2.45) is 5.41 Å². The summed E-state index contributed by atoms with van der Waals surface area (Å²) in [4.78, 5) is 0. The van der Waals surface area contributed by atoms with Gasteiger partial charge in [0.25, 0.3) is 0 Å². The van der Waals surface area contributed by atoms with Crippen molar-refractivity contribution in [1.82, 2.24) is 5.32 Å². The Morgan fingerprint density at radius 2 is 2.18 bits per heavy atom. The molecule has 1 fully saturated rings. The quantitative estimate of drug-likeness (QED) is 0.870. The predicted molar refractivity (Wildman–Crippen MR) is 71.9 cm³/mol. The van der Waals surface area contributed by atoms with Crippen LogP contribution < -0.4 is 10.1 Å². The van der Waals surface area contributed by atoms with Gasteiger partial charge in [0.1, 0.15) is 5.75 Å². The van der Waals surface area contributed by atoms with Gasteiger partial charge in [-0.15, -0.1) is 0 Å². The van der Waals surface area contributed by atoms with Gasteiger partial charge < -0.3 is 10.1 Å². The van der Waals surface area contributed by atoms with E-state index >= 15 is 0 Å². The van der Waals surface area contributed by atoms with Crippen molar-refractivity contribution in [1.29, 1.82) is 0 Å². The fraction of sp³-hybridized carbons (Fsp3) is 0.571. The molecule has 0 radical (unpaired) electrons. The first kappa shape index (κ1) is 12.7. The van der Waals surface area contributed by atoms with Gasteiger partial charge in [0, 0.05) is 18.1 Å². The minimum atomic E-state index is 0.409. The molecule has 0 unspecified atom stereocenters. The minimum absolute atomic E-state index is 0.409.